The number of hydrogen-bond donors (Lipinski definition) is 1. The number of amides is 1. The highest BCUT2D eigenvalue weighted by Gasteiger charge is 2.51. The van der Waals surface area contributed by atoms with Crippen molar-refractivity contribution in [1.82, 2.24) is 0 Å². The van der Waals surface area contributed by atoms with Crippen LogP contribution in [0.3, 0.4) is 0 Å². The van der Waals surface area contributed by atoms with Crippen LogP contribution in [0.2, 0.25) is 5.02 Å². The minimum absolute atomic E-state index is 0.271. The number of fused-ring (bicyclic) bond motifs is 1. The van der Waals surface area contributed by atoms with Gasteiger partial charge in [-0.3, -0.25) is 9.59 Å². The van der Waals surface area contributed by atoms with Gasteiger partial charge in [0.15, 0.2) is 11.4 Å². The van der Waals surface area contributed by atoms with Gasteiger partial charge < -0.3 is 14.4 Å². The number of anilines is 1. The van der Waals surface area contributed by atoms with Crippen molar-refractivity contribution in [3.05, 3.63) is 87.8 Å². The molecular weight excluding hydrogens is 390 g/mol. The summed E-state index contributed by atoms with van der Waals surface area (Å²) in [6.07, 6.45) is -0.347. The van der Waals surface area contributed by atoms with Gasteiger partial charge in [0.2, 0.25) is 0 Å². The SMILES string of the molecule is Cc1cc(C(=O)CC2(O)C(=O)N(Cc3ccc(Cl)cc3)c3ccccc32)c(C)o1. The fourth-order valence-electron chi connectivity index (χ4n) is 3.84. The lowest BCUT2D eigenvalue weighted by Crippen LogP contribution is -2.41. The maximum atomic E-state index is 13.3. The molecule has 1 aliphatic rings. The van der Waals surface area contributed by atoms with Crippen molar-refractivity contribution in [2.45, 2.75) is 32.4 Å². The maximum Gasteiger partial charge on any atom is 0.264 e. The third-order valence-corrected chi connectivity index (χ3v) is 5.50. The predicted octanol–water partition coefficient (Wildman–Crippen LogP) is 4.56. The highest BCUT2D eigenvalue weighted by Crippen LogP contribution is 2.43. The fourth-order valence-corrected chi connectivity index (χ4v) is 3.97. The number of carbonyl (C=O) groups excluding carboxylic acids is 2. The van der Waals surface area contributed by atoms with Gasteiger partial charge in [-0.05, 0) is 43.7 Å². The lowest BCUT2D eigenvalue weighted by Gasteiger charge is -2.22. The fraction of sp³-hybridized carbons (Fsp3) is 0.217. The number of furan rings is 1. The van der Waals surface area contributed by atoms with Crippen LogP contribution in [-0.2, 0) is 16.9 Å². The monoisotopic (exact) mass is 409 g/mol. The number of hydrogen-bond acceptors (Lipinski definition) is 4. The molecule has 29 heavy (non-hydrogen) atoms. The molecule has 6 heteroatoms. The largest absolute Gasteiger partial charge is 0.466 e. The van der Waals surface area contributed by atoms with Crippen LogP contribution in [0, 0.1) is 13.8 Å². The second kappa shape index (κ2) is 7.17. The number of aryl methyl sites for hydroxylation is 2. The Balaban J connectivity index is 1.68. The molecule has 1 N–H and O–H groups in total. The van der Waals surface area contributed by atoms with E-state index in [1.165, 1.54) is 4.90 Å². The number of para-hydroxylation sites is 1. The molecule has 0 fully saturated rings. The first-order valence-electron chi connectivity index (χ1n) is 9.28. The molecule has 0 radical (unpaired) electrons. The van der Waals surface area contributed by atoms with Crippen molar-refractivity contribution in [3.8, 4) is 0 Å². The van der Waals surface area contributed by atoms with Gasteiger partial charge in [0.1, 0.15) is 11.5 Å². The van der Waals surface area contributed by atoms with Crippen LogP contribution >= 0.6 is 11.6 Å². The number of ketones is 1. The summed E-state index contributed by atoms with van der Waals surface area (Å²) in [6, 6.07) is 15.8. The zero-order valence-electron chi connectivity index (χ0n) is 16.1. The normalized spacial score (nSPS) is 18.2. The van der Waals surface area contributed by atoms with Crippen molar-refractivity contribution < 1.29 is 19.1 Å². The zero-order valence-corrected chi connectivity index (χ0v) is 16.9. The van der Waals surface area contributed by atoms with E-state index in [1.54, 1.807) is 56.3 Å². The van der Waals surface area contributed by atoms with E-state index in [2.05, 4.69) is 0 Å². The van der Waals surface area contributed by atoms with Gasteiger partial charge in [-0.1, -0.05) is 41.9 Å². The van der Waals surface area contributed by atoms with E-state index in [1.807, 2.05) is 12.1 Å². The number of rotatable bonds is 5. The Hall–Kier alpha value is -2.89. The minimum atomic E-state index is -1.92. The van der Waals surface area contributed by atoms with E-state index in [9.17, 15) is 14.7 Å². The Morgan fingerprint density at radius 2 is 1.83 bits per heavy atom. The molecule has 1 aliphatic heterocycles. The number of aliphatic hydroxyl groups is 1. The smallest absolute Gasteiger partial charge is 0.264 e. The van der Waals surface area contributed by atoms with Crippen LogP contribution < -0.4 is 4.90 Å². The summed E-state index contributed by atoms with van der Waals surface area (Å²) in [4.78, 5) is 27.7. The molecule has 1 atom stereocenters. The minimum Gasteiger partial charge on any atom is -0.466 e. The first-order chi connectivity index (χ1) is 13.8. The molecule has 3 aromatic rings. The summed E-state index contributed by atoms with van der Waals surface area (Å²) in [5, 5.41) is 12.0. The Kier molecular flexibility index (Phi) is 4.81. The summed E-state index contributed by atoms with van der Waals surface area (Å²) in [5.41, 5.74) is 0.373. The van der Waals surface area contributed by atoms with E-state index in [0.29, 0.717) is 33.4 Å². The van der Waals surface area contributed by atoms with Crippen LogP contribution in [0.5, 0.6) is 0 Å². The first kappa shape index (κ1) is 19.4. The second-order valence-corrected chi connectivity index (χ2v) is 7.76. The van der Waals surface area contributed by atoms with E-state index in [-0.39, 0.29) is 18.7 Å². The summed E-state index contributed by atoms with van der Waals surface area (Å²) in [5.74, 6) is 0.242. The number of nitrogens with zero attached hydrogens (tertiary/aromatic N) is 1. The zero-order chi connectivity index (χ0) is 20.8. The van der Waals surface area contributed by atoms with Gasteiger partial charge in [0.25, 0.3) is 5.91 Å². The Morgan fingerprint density at radius 1 is 1.14 bits per heavy atom. The van der Waals surface area contributed by atoms with Crippen LogP contribution in [0.1, 0.15) is 39.4 Å². The van der Waals surface area contributed by atoms with Gasteiger partial charge in [-0.2, -0.15) is 0 Å². The van der Waals surface area contributed by atoms with Crippen molar-refractivity contribution in [1.29, 1.82) is 0 Å². The molecule has 0 bridgehead atoms. The molecule has 2 heterocycles. The standard InChI is InChI=1S/C23H20ClNO4/c1-14-11-18(15(2)29-14)21(26)12-23(28)19-5-3-4-6-20(19)25(22(23)27)13-16-7-9-17(24)10-8-16/h3-11,28H,12-13H2,1-2H3. The molecule has 0 spiro atoms. The molecule has 1 unspecified atom stereocenters. The molecule has 0 saturated carbocycles. The summed E-state index contributed by atoms with van der Waals surface area (Å²) < 4.78 is 5.43. The Labute approximate surface area is 173 Å². The van der Waals surface area contributed by atoms with E-state index >= 15 is 0 Å². The Bertz CT molecular complexity index is 1100. The number of carbonyl (C=O) groups is 2. The van der Waals surface area contributed by atoms with Gasteiger partial charge >= 0.3 is 0 Å². The van der Waals surface area contributed by atoms with Gasteiger partial charge in [0.05, 0.1) is 24.2 Å². The molecule has 1 aromatic heterocycles. The summed E-state index contributed by atoms with van der Waals surface area (Å²) in [7, 11) is 0. The average molecular weight is 410 g/mol. The molecular formula is C23H20ClNO4. The highest BCUT2D eigenvalue weighted by molar-refractivity contribution is 6.30. The van der Waals surface area contributed by atoms with Crippen LogP contribution in [0.4, 0.5) is 5.69 Å². The van der Waals surface area contributed by atoms with Crippen LogP contribution in [-0.4, -0.2) is 16.8 Å². The molecule has 0 aliphatic carbocycles. The maximum absolute atomic E-state index is 13.3. The van der Waals surface area contributed by atoms with Gasteiger partial charge in [-0.25, -0.2) is 0 Å². The van der Waals surface area contributed by atoms with E-state index in [0.717, 1.165) is 5.56 Å². The van der Waals surface area contributed by atoms with Gasteiger partial charge in [0, 0.05) is 10.6 Å². The number of Topliss-reactive ketones (excluding diaryl/α,β-unsaturated/α-hetero) is 1. The predicted molar refractivity (Wildman–Crippen MR) is 110 cm³/mol. The number of halogens is 1. The lowest BCUT2D eigenvalue weighted by atomic mass is 9.88. The Morgan fingerprint density at radius 3 is 2.48 bits per heavy atom. The topological polar surface area (TPSA) is 70.8 Å². The van der Waals surface area contributed by atoms with Crippen molar-refractivity contribution in [3.63, 3.8) is 0 Å². The third-order valence-electron chi connectivity index (χ3n) is 5.25. The van der Waals surface area contributed by atoms with Crippen molar-refractivity contribution >= 4 is 29.0 Å². The molecule has 148 valence electrons. The third kappa shape index (κ3) is 3.37. The molecule has 0 saturated heterocycles. The summed E-state index contributed by atoms with van der Waals surface area (Å²) >= 11 is 5.95. The molecule has 4 rings (SSSR count). The molecule has 1 amide bonds. The molecule has 2 aromatic carbocycles. The average Bonchev–Trinajstić information content (AvgIpc) is 3.13. The lowest BCUT2D eigenvalue weighted by molar-refractivity contribution is -0.136. The second-order valence-electron chi connectivity index (χ2n) is 7.32. The molecule has 5 nitrogen and oxygen atoms in total. The van der Waals surface area contributed by atoms with E-state index < -0.39 is 11.5 Å². The first-order valence-corrected chi connectivity index (χ1v) is 9.66. The van der Waals surface area contributed by atoms with E-state index in [4.69, 9.17) is 16.0 Å². The van der Waals surface area contributed by atoms with Crippen LogP contribution in [0.15, 0.2) is 59.0 Å². The summed E-state index contributed by atoms with van der Waals surface area (Å²) in [6.45, 7) is 3.72. The van der Waals surface area contributed by atoms with Gasteiger partial charge in [-0.15, -0.1) is 0 Å². The quantitative estimate of drug-likeness (QED) is 0.627. The highest BCUT2D eigenvalue weighted by atomic mass is 35.5. The van der Waals surface area contributed by atoms with Crippen molar-refractivity contribution in [2.24, 2.45) is 0 Å². The number of benzene rings is 2. The van der Waals surface area contributed by atoms with Crippen LogP contribution in [0.25, 0.3) is 0 Å². The van der Waals surface area contributed by atoms with Crippen molar-refractivity contribution in [2.75, 3.05) is 4.90 Å².